The van der Waals surface area contributed by atoms with E-state index < -0.39 is 28.9 Å². The molecule has 0 aliphatic carbocycles. The summed E-state index contributed by atoms with van der Waals surface area (Å²) in [7, 11) is 0. The molecular weight excluding hydrogens is 425 g/mol. The third-order valence-corrected chi connectivity index (χ3v) is 5.42. The van der Waals surface area contributed by atoms with Crippen LogP contribution in [0.5, 0.6) is 0 Å². The molecule has 2 aromatic heterocycles. The molecule has 1 aliphatic rings. The molecule has 4 rings (SSSR count). The number of nitrogens with one attached hydrogen (secondary N) is 1. The highest BCUT2D eigenvalue weighted by atomic mass is 19.4. The van der Waals surface area contributed by atoms with Gasteiger partial charge in [0.05, 0.1) is 34.7 Å². The van der Waals surface area contributed by atoms with Gasteiger partial charge in [-0.05, 0) is 39.0 Å². The zero-order valence-electron chi connectivity index (χ0n) is 17.9. The summed E-state index contributed by atoms with van der Waals surface area (Å²) in [6, 6.07) is 5.13. The number of amides is 2. The van der Waals surface area contributed by atoms with Crippen LogP contribution in [-0.4, -0.2) is 67.5 Å². The first kappa shape index (κ1) is 21.8. The Hall–Kier alpha value is -3.37. The first-order valence-electron chi connectivity index (χ1n) is 10.1. The van der Waals surface area contributed by atoms with Gasteiger partial charge in [0.1, 0.15) is 0 Å². The molecule has 0 radical (unpaired) electrons. The average Bonchev–Trinajstić information content (AvgIpc) is 3.39. The van der Waals surface area contributed by atoms with Crippen LogP contribution in [0.1, 0.15) is 47.2 Å². The maximum absolute atomic E-state index is 13.8. The van der Waals surface area contributed by atoms with Crippen molar-refractivity contribution in [1.29, 1.82) is 0 Å². The summed E-state index contributed by atoms with van der Waals surface area (Å²) in [5.74, 6) is -0.941. The first-order valence-corrected chi connectivity index (χ1v) is 10.1. The lowest BCUT2D eigenvalue weighted by atomic mass is 10.1. The van der Waals surface area contributed by atoms with E-state index >= 15 is 0 Å². The third kappa shape index (κ3) is 3.94. The first-order chi connectivity index (χ1) is 15.0. The number of hydrogen-bond donors (Lipinski definition) is 1. The van der Waals surface area contributed by atoms with Crippen LogP contribution in [0.4, 0.5) is 13.2 Å². The lowest BCUT2D eigenvalue weighted by Gasteiger charge is -2.35. The Labute approximate surface area is 182 Å². The van der Waals surface area contributed by atoms with Gasteiger partial charge in [-0.25, -0.2) is 4.98 Å². The molecule has 0 spiro atoms. The summed E-state index contributed by atoms with van der Waals surface area (Å²) < 4.78 is 42.1. The number of aromatic nitrogens is 4. The van der Waals surface area contributed by atoms with Gasteiger partial charge >= 0.3 is 6.18 Å². The highest BCUT2D eigenvalue weighted by molar-refractivity contribution is 5.98. The number of fused-ring (bicyclic) bond motifs is 1. The number of carbonyl (C=O) groups is 2. The molecule has 1 N–H and O–H groups in total. The number of hydrogen-bond acceptors (Lipinski definition) is 4. The van der Waals surface area contributed by atoms with E-state index in [1.807, 2.05) is 0 Å². The van der Waals surface area contributed by atoms with Crippen molar-refractivity contribution in [3.63, 3.8) is 0 Å². The zero-order chi connectivity index (χ0) is 23.3. The molecule has 170 valence electrons. The van der Waals surface area contributed by atoms with E-state index in [9.17, 15) is 22.8 Å². The minimum atomic E-state index is -4.72. The molecular formula is C21H23F3N6O2. The molecule has 8 nitrogen and oxygen atoms in total. The quantitative estimate of drug-likeness (QED) is 0.653. The van der Waals surface area contributed by atoms with Crippen LogP contribution in [-0.2, 0) is 11.7 Å². The Bertz CT molecular complexity index is 1170. The normalized spacial score (nSPS) is 15.4. The maximum Gasteiger partial charge on any atom is 0.433 e. The number of carbonyl (C=O) groups excluding carboxylic acids is 2. The van der Waals surface area contributed by atoms with E-state index in [0.717, 1.165) is 21.9 Å². The Morgan fingerprint density at radius 2 is 1.62 bits per heavy atom. The molecule has 1 saturated heterocycles. The van der Waals surface area contributed by atoms with Crippen molar-refractivity contribution >= 4 is 22.8 Å². The molecule has 2 amide bonds. The number of piperazine rings is 1. The Kier molecular flexibility index (Phi) is 5.22. The number of aromatic amines is 1. The van der Waals surface area contributed by atoms with Crippen molar-refractivity contribution < 1.29 is 22.8 Å². The van der Waals surface area contributed by atoms with Crippen molar-refractivity contribution in [3.8, 4) is 0 Å². The van der Waals surface area contributed by atoms with Crippen molar-refractivity contribution in [1.82, 2.24) is 29.5 Å². The summed E-state index contributed by atoms with van der Waals surface area (Å²) >= 11 is 0. The number of H-pyrrole nitrogens is 1. The monoisotopic (exact) mass is 448 g/mol. The standard InChI is InChI=1S/C21H23F3N6O2/c1-20(2,3)30-17(21(22,23)24)14(11-27-30)19(32)29-8-6-28(7-9-29)18(31)13-4-5-15-16(10-13)26-12-25-15/h4-5,10-12H,6-9H2,1-3H3,(H,25,26). The second kappa shape index (κ2) is 7.64. The minimum Gasteiger partial charge on any atom is -0.345 e. The number of imidazole rings is 1. The SMILES string of the molecule is CC(C)(C)n1ncc(C(=O)N2CCN(C(=O)c3ccc4nc[nH]c4c3)CC2)c1C(F)(F)F. The lowest BCUT2D eigenvalue weighted by molar-refractivity contribution is -0.146. The fraction of sp³-hybridized carbons (Fsp3) is 0.429. The molecule has 0 bridgehead atoms. The van der Waals surface area contributed by atoms with Crippen LogP contribution in [0.2, 0.25) is 0 Å². The molecule has 32 heavy (non-hydrogen) atoms. The van der Waals surface area contributed by atoms with Gasteiger partial charge in [0.2, 0.25) is 0 Å². The molecule has 0 saturated carbocycles. The van der Waals surface area contributed by atoms with Crippen molar-refractivity contribution in [3.05, 3.63) is 47.5 Å². The lowest BCUT2D eigenvalue weighted by Crippen LogP contribution is -2.50. The van der Waals surface area contributed by atoms with Gasteiger partial charge in [-0.15, -0.1) is 0 Å². The summed E-state index contributed by atoms with van der Waals surface area (Å²) in [6.45, 7) is 5.49. The summed E-state index contributed by atoms with van der Waals surface area (Å²) in [6.07, 6.45) is -2.20. The summed E-state index contributed by atoms with van der Waals surface area (Å²) in [5.41, 5.74) is -0.511. The van der Waals surface area contributed by atoms with E-state index in [4.69, 9.17) is 0 Å². The zero-order valence-corrected chi connectivity index (χ0v) is 17.9. The van der Waals surface area contributed by atoms with Gasteiger partial charge < -0.3 is 14.8 Å². The number of rotatable bonds is 2. The molecule has 3 heterocycles. The van der Waals surface area contributed by atoms with Crippen LogP contribution in [0, 0.1) is 0 Å². The molecule has 0 unspecified atom stereocenters. The highest BCUT2D eigenvalue weighted by Crippen LogP contribution is 2.35. The van der Waals surface area contributed by atoms with Crippen LogP contribution in [0.3, 0.4) is 0 Å². The predicted molar refractivity (Wildman–Crippen MR) is 110 cm³/mol. The number of benzene rings is 1. The number of halogens is 3. The molecule has 1 aliphatic heterocycles. The summed E-state index contributed by atoms with van der Waals surface area (Å²) in [5, 5.41) is 3.85. The van der Waals surface area contributed by atoms with Crippen LogP contribution < -0.4 is 0 Å². The highest BCUT2D eigenvalue weighted by Gasteiger charge is 2.43. The Balaban J connectivity index is 1.49. The van der Waals surface area contributed by atoms with Crippen LogP contribution in [0.15, 0.2) is 30.7 Å². The van der Waals surface area contributed by atoms with Crippen molar-refractivity contribution in [2.75, 3.05) is 26.2 Å². The van der Waals surface area contributed by atoms with Gasteiger partial charge in [-0.3, -0.25) is 14.3 Å². The molecule has 0 atom stereocenters. The number of alkyl halides is 3. The van der Waals surface area contributed by atoms with E-state index in [0.29, 0.717) is 5.56 Å². The second-order valence-corrected chi connectivity index (χ2v) is 8.71. The fourth-order valence-corrected chi connectivity index (χ4v) is 3.82. The number of nitrogens with zero attached hydrogens (tertiary/aromatic N) is 5. The smallest absolute Gasteiger partial charge is 0.345 e. The van der Waals surface area contributed by atoms with Crippen LogP contribution in [0.25, 0.3) is 11.0 Å². The van der Waals surface area contributed by atoms with Gasteiger partial charge in [-0.1, -0.05) is 0 Å². The van der Waals surface area contributed by atoms with Gasteiger partial charge in [0.25, 0.3) is 11.8 Å². The van der Waals surface area contributed by atoms with Crippen molar-refractivity contribution in [2.24, 2.45) is 0 Å². The average molecular weight is 448 g/mol. The molecule has 11 heteroatoms. The van der Waals surface area contributed by atoms with Crippen LogP contribution >= 0.6 is 0 Å². The second-order valence-electron chi connectivity index (χ2n) is 8.71. The van der Waals surface area contributed by atoms with Gasteiger partial charge in [0.15, 0.2) is 5.69 Å². The largest absolute Gasteiger partial charge is 0.433 e. The van der Waals surface area contributed by atoms with E-state index in [1.165, 1.54) is 4.90 Å². The molecule has 1 fully saturated rings. The molecule has 1 aromatic carbocycles. The van der Waals surface area contributed by atoms with Crippen molar-refractivity contribution in [2.45, 2.75) is 32.5 Å². The molecule has 3 aromatic rings. The summed E-state index contributed by atoms with van der Waals surface area (Å²) in [4.78, 5) is 35.8. The minimum absolute atomic E-state index is 0.134. The van der Waals surface area contributed by atoms with E-state index in [-0.39, 0.29) is 32.1 Å². The van der Waals surface area contributed by atoms with E-state index in [1.54, 1.807) is 50.2 Å². The third-order valence-electron chi connectivity index (χ3n) is 5.42. The topological polar surface area (TPSA) is 87.1 Å². The predicted octanol–water partition coefficient (Wildman–Crippen LogP) is 3.13. The van der Waals surface area contributed by atoms with E-state index in [2.05, 4.69) is 15.1 Å². The maximum atomic E-state index is 13.8. The Morgan fingerprint density at radius 1 is 1.00 bits per heavy atom. The van der Waals surface area contributed by atoms with Gasteiger partial charge in [-0.2, -0.15) is 18.3 Å². The fourth-order valence-electron chi connectivity index (χ4n) is 3.82. The Morgan fingerprint density at radius 3 is 2.22 bits per heavy atom. The van der Waals surface area contributed by atoms with Gasteiger partial charge in [0, 0.05) is 31.7 Å².